The summed E-state index contributed by atoms with van der Waals surface area (Å²) in [6.45, 7) is 4.00. The third-order valence-corrected chi connectivity index (χ3v) is 3.60. The molecule has 1 atom stereocenters. The molecule has 118 valence electrons. The van der Waals surface area contributed by atoms with E-state index in [4.69, 9.17) is 8.94 Å². The van der Waals surface area contributed by atoms with Crippen LogP contribution in [-0.2, 0) is 0 Å². The topological polar surface area (TPSA) is 85.3 Å². The SMILES string of the molecule is Cc1nnc([C@@H]2CC(F)(F)CN2C(=O)c2c(C)noc2C)o1. The van der Waals surface area contributed by atoms with Gasteiger partial charge in [-0.05, 0) is 13.8 Å². The largest absolute Gasteiger partial charge is 0.423 e. The van der Waals surface area contributed by atoms with Crippen LogP contribution in [0.4, 0.5) is 8.78 Å². The zero-order valence-corrected chi connectivity index (χ0v) is 12.3. The van der Waals surface area contributed by atoms with E-state index in [1.54, 1.807) is 20.8 Å². The zero-order valence-electron chi connectivity index (χ0n) is 12.3. The summed E-state index contributed by atoms with van der Waals surface area (Å²) in [6, 6.07) is -0.961. The fourth-order valence-corrected chi connectivity index (χ4v) is 2.63. The Labute approximate surface area is 124 Å². The fraction of sp³-hybridized carbons (Fsp3) is 0.538. The third-order valence-electron chi connectivity index (χ3n) is 3.60. The molecule has 0 saturated carbocycles. The van der Waals surface area contributed by atoms with Crippen molar-refractivity contribution in [1.82, 2.24) is 20.3 Å². The van der Waals surface area contributed by atoms with Gasteiger partial charge in [0.2, 0.25) is 11.8 Å². The Morgan fingerprint density at radius 3 is 2.59 bits per heavy atom. The molecule has 2 aromatic rings. The molecule has 0 radical (unpaired) electrons. The molecule has 1 aliphatic rings. The van der Waals surface area contributed by atoms with Gasteiger partial charge in [-0.1, -0.05) is 5.16 Å². The predicted octanol–water partition coefficient (Wildman–Crippen LogP) is 2.21. The molecule has 0 unspecified atom stereocenters. The minimum absolute atomic E-state index is 0.00906. The van der Waals surface area contributed by atoms with Gasteiger partial charge in [0, 0.05) is 13.3 Å². The predicted molar refractivity (Wildman–Crippen MR) is 68.4 cm³/mol. The van der Waals surface area contributed by atoms with Crippen molar-refractivity contribution >= 4 is 5.91 Å². The van der Waals surface area contributed by atoms with E-state index in [9.17, 15) is 13.6 Å². The molecule has 9 heteroatoms. The number of nitrogens with zero attached hydrogens (tertiary/aromatic N) is 4. The smallest absolute Gasteiger partial charge is 0.267 e. The van der Waals surface area contributed by atoms with E-state index in [-0.39, 0.29) is 23.1 Å². The van der Waals surface area contributed by atoms with E-state index in [0.717, 1.165) is 4.90 Å². The molecule has 1 aliphatic heterocycles. The van der Waals surface area contributed by atoms with Gasteiger partial charge >= 0.3 is 0 Å². The Hall–Kier alpha value is -2.32. The Bertz CT molecular complexity index is 705. The van der Waals surface area contributed by atoms with Crippen LogP contribution < -0.4 is 0 Å². The zero-order chi connectivity index (χ0) is 16.1. The summed E-state index contributed by atoms with van der Waals surface area (Å²) in [5.74, 6) is -3.03. The summed E-state index contributed by atoms with van der Waals surface area (Å²) in [5.41, 5.74) is 0.553. The number of alkyl halides is 2. The maximum absolute atomic E-state index is 13.8. The van der Waals surface area contributed by atoms with Crippen LogP contribution in [0.25, 0.3) is 0 Å². The van der Waals surface area contributed by atoms with E-state index >= 15 is 0 Å². The summed E-state index contributed by atoms with van der Waals surface area (Å²) in [7, 11) is 0. The van der Waals surface area contributed by atoms with Gasteiger partial charge in [-0.15, -0.1) is 10.2 Å². The number of rotatable bonds is 2. The molecule has 1 amide bonds. The molecule has 3 heterocycles. The molecule has 0 N–H and O–H groups in total. The Balaban J connectivity index is 1.98. The molecular formula is C13H14F2N4O3. The van der Waals surface area contributed by atoms with Gasteiger partial charge in [-0.25, -0.2) is 8.78 Å². The fourth-order valence-electron chi connectivity index (χ4n) is 2.63. The number of carbonyl (C=O) groups excluding carboxylic acids is 1. The first-order valence-corrected chi connectivity index (χ1v) is 6.70. The van der Waals surface area contributed by atoms with Crippen LogP contribution in [0.5, 0.6) is 0 Å². The van der Waals surface area contributed by atoms with Crippen LogP contribution in [0.3, 0.4) is 0 Å². The van der Waals surface area contributed by atoms with E-state index in [1.165, 1.54) is 0 Å². The Kier molecular flexibility index (Phi) is 3.22. The molecule has 3 rings (SSSR count). The van der Waals surface area contributed by atoms with Crippen molar-refractivity contribution < 1.29 is 22.5 Å². The first-order valence-electron chi connectivity index (χ1n) is 6.70. The lowest BCUT2D eigenvalue weighted by molar-refractivity contribution is 0.0116. The van der Waals surface area contributed by atoms with Crippen molar-refractivity contribution in [3.63, 3.8) is 0 Å². The average molecular weight is 312 g/mol. The quantitative estimate of drug-likeness (QED) is 0.845. The first kappa shape index (κ1) is 14.6. The molecule has 22 heavy (non-hydrogen) atoms. The van der Waals surface area contributed by atoms with Crippen LogP contribution in [0, 0.1) is 20.8 Å². The second-order valence-corrected chi connectivity index (χ2v) is 5.37. The second-order valence-electron chi connectivity index (χ2n) is 5.37. The number of hydrogen-bond acceptors (Lipinski definition) is 6. The van der Waals surface area contributed by atoms with Crippen molar-refractivity contribution in [1.29, 1.82) is 0 Å². The van der Waals surface area contributed by atoms with Crippen molar-refractivity contribution in [3.8, 4) is 0 Å². The van der Waals surface area contributed by atoms with Gasteiger partial charge < -0.3 is 13.8 Å². The average Bonchev–Trinajstić information content (AvgIpc) is 3.08. The molecule has 2 aromatic heterocycles. The third kappa shape index (κ3) is 2.36. The standard InChI is InChI=1S/C13H14F2N4O3/c1-6-10(7(2)22-18-6)12(20)19-5-13(14,15)4-9(19)11-17-16-8(3)21-11/h9H,4-5H2,1-3H3/t9-/m0/s1. The van der Waals surface area contributed by atoms with Crippen molar-refractivity contribution in [2.45, 2.75) is 39.2 Å². The lowest BCUT2D eigenvalue weighted by Gasteiger charge is -2.21. The van der Waals surface area contributed by atoms with Gasteiger partial charge in [-0.3, -0.25) is 4.79 Å². The number of likely N-dealkylation sites (tertiary alicyclic amines) is 1. The minimum atomic E-state index is -3.01. The van der Waals surface area contributed by atoms with Gasteiger partial charge in [0.1, 0.15) is 17.4 Å². The molecule has 1 saturated heterocycles. The minimum Gasteiger partial charge on any atom is -0.423 e. The maximum atomic E-state index is 13.8. The highest BCUT2D eigenvalue weighted by Crippen LogP contribution is 2.41. The summed E-state index contributed by atoms with van der Waals surface area (Å²) in [6.07, 6.45) is -0.552. The summed E-state index contributed by atoms with van der Waals surface area (Å²) in [4.78, 5) is 13.7. The Morgan fingerprint density at radius 1 is 1.32 bits per heavy atom. The van der Waals surface area contributed by atoms with Crippen molar-refractivity contribution in [3.05, 3.63) is 28.8 Å². The molecule has 7 nitrogen and oxygen atoms in total. The Morgan fingerprint density at radius 2 is 2.05 bits per heavy atom. The van der Waals surface area contributed by atoms with E-state index in [1.807, 2.05) is 0 Å². The molecular weight excluding hydrogens is 298 g/mol. The van der Waals surface area contributed by atoms with Crippen LogP contribution in [0.2, 0.25) is 0 Å². The van der Waals surface area contributed by atoms with Gasteiger partial charge in [0.15, 0.2) is 0 Å². The number of aromatic nitrogens is 3. The van der Waals surface area contributed by atoms with Crippen LogP contribution >= 0.6 is 0 Å². The molecule has 0 aromatic carbocycles. The first-order chi connectivity index (χ1) is 10.3. The lowest BCUT2D eigenvalue weighted by Crippen LogP contribution is -2.33. The molecule has 0 bridgehead atoms. The molecule has 1 fully saturated rings. The van der Waals surface area contributed by atoms with Gasteiger partial charge in [0.05, 0.1) is 12.2 Å². The number of aryl methyl sites for hydroxylation is 3. The number of carbonyl (C=O) groups is 1. The number of hydrogen-bond donors (Lipinski definition) is 0. The normalized spacial score (nSPS) is 20.6. The van der Waals surface area contributed by atoms with Crippen LogP contribution in [-0.4, -0.2) is 38.6 Å². The van der Waals surface area contributed by atoms with Gasteiger partial charge in [-0.2, -0.15) is 0 Å². The monoisotopic (exact) mass is 312 g/mol. The summed E-state index contributed by atoms with van der Waals surface area (Å²) >= 11 is 0. The highest BCUT2D eigenvalue weighted by atomic mass is 19.3. The lowest BCUT2D eigenvalue weighted by atomic mass is 10.1. The van der Waals surface area contributed by atoms with Crippen LogP contribution in [0.15, 0.2) is 8.94 Å². The highest BCUT2D eigenvalue weighted by Gasteiger charge is 2.50. The molecule has 0 spiro atoms. The number of amides is 1. The second kappa shape index (κ2) is 4.85. The summed E-state index contributed by atoms with van der Waals surface area (Å²) in [5, 5.41) is 11.1. The van der Waals surface area contributed by atoms with E-state index in [0.29, 0.717) is 5.69 Å². The number of halogens is 2. The highest BCUT2D eigenvalue weighted by molar-refractivity contribution is 5.96. The van der Waals surface area contributed by atoms with E-state index < -0.39 is 30.8 Å². The maximum Gasteiger partial charge on any atom is 0.267 e. The molecule has 0 aliphatic carbocycles. The van der Waals surface area contributed by atoms with Crippen LogP contribution in [0.1, 0.15) is 46.1 Å². The van der Waals surface area contributed by atoms with E-state index in [2.05, 4.69) is 15.4 Å². The summed E-state index contributed by atoms with van der Waals surface area (Å²) < 4.78 is 37.8. The van der Waals surface area contributed by atoms with Crippen molar-refractivity contribution in [2.24, 2.45) is 0 Å². The van der Waals surface area contributed by atoms with Gasteiger partial charge in [0.25, 0.3) is 11.8 Å². The van der Waals surface area contributed by atoms with Crippen molar-refractivity contribution in [2.75, 3.05) is 6.54 Å².